The van der Waals surface area contributed by atoms with E-state index in [0.29, 0.717) is 32.9 Å². The van der Waals surface area contributed by atoms with Gasteiger partial charge < -0.3 is 19.3 Å². The average Bonchev–Trinajstić information content (AvgIpc) is 2.36. The Morgan fingerprint density at radius 1 is 1.65 bits per heavy atom. The fourth-order valence-electron chi connectivity index (χ4n) is 1.79. The second-order valence-corrected chi connectivity index (χ2v) is 3.92. The summed E-state index contributed by atoms with van der Waals surface area (Å²) in [6.07, 6.45) is -0.597. The van der Waals surface area contributed by atoms with Crippen LogP contribution < -0.4 is 0 Å². The van der Waals surface area contributed by atoms with Crippen molar-refractivity contribution in [2.24, 2.45) is 0 Å². The second-order valence-electron chi connectivity index (χ2n) is 3.92. The van der Waals surface area contributed by atoms with E-state index in [1.54, 1.807) is 0 Å². The van der Waals surface area contributed by atoms with Crippen molar-refractivity contribution >= 4 is 5.97 Å². The van der Waals surface area contributed by atoms with Gasteiger partial charge >= 0.3 is 5.97 Å². The maximum atomic E-state index is 11.5. The lowest BCUT2D eigenvalue weighted by atomic mass is 10.2. The molecule has 0 aliphatic carbocycles. The predicted octanol–water partition coefficient (Wildman–Crippen LogP) is -0.742. The van der Waals surface area contributed by atoms with Crippen LogP contribution in [0.3, 0.4) is 0 Å². The summed E-state index contributed by atoms with van der Waals surface area (Å²) in [7, 11) is 1.35. The molecule has 0 spiro atoms. The molecular weight excluding hydrogens is 226 g/mol. The molecule has 1 N–H and O–H groups in total. The standard InChI is InChI=1S/C11H21NO5/c1-3-16-7-9(13)6-12-4-5-17-8-10(12)11(14)15-2/h9-10,13H,3-8H2,1-2H3. The van der Waals surface area contributed by atoms with Crippen LogP contribution in [0.5, 0.6) is 0 Å². The van der Waals surface area contributed by atoms with E-state index in [1.807, 2.05) is 11.8 Å². The van der Waals surface area contributed by atoms with E-state index in [4.69, 9.17) is 14.2 Å². The summed E-state index contributed by atoms with van der Waals surface area (Å²) in [4.78, 5) is 13.4. The number of carbonyl (C=O) groups excluding carboxylic acids is 1. The van der Waals surface area contributed by atoms with E-state index in [-0.39, 0.29) is 12.6 Å². The Morgan fingerprint density at radius 2 is 2.41 bits per heavy atom. The Morgan fingerprint density at radius 3 is 3.06 bits per heavy atom. The van der Waals surface area contributed by atoms with Crippen molar-refractivity contribution < 1.29 is 24.1 Å². The van der Waals surface area contributed by atoms with Crippen LogP contribution in [-0.4, -0.2) is 74.7 Å². The highest BCUT2D eigenvalue weighted by Crippen LogP contribution is 2.09. The molecule has 1 aliphatic heterocycles. The number of aliphatic hydroxyl groups is 1. The zero-order chi connectivity index (χ0) is 12.7. The third-order valence-electron chi connectivity index (χ3n) is 2.67. The van der Waals surface area contributed by atoms with Crippen molar-refractivity contribution in [2.45, 2.75) is 19.1 Å². The first-order chi connectivity index (χ1) is 8.19. The van der Waals surface area contributed by atoms with Crippen molar-refractivity contribution in [3.05, 3.63) is 0 Å². The van der Waals surface area contributed by atoms with Crippen LogP contribution >= 0.6 is 0 Å². The minimum Gasteiger partial charge on any atom is -0.468 e. The van der Waals surface area contributed by atoms with E-state index in [9.17, 15) is 9.90 Å². The van der Waals surface area contributed by atoms with Crippen LogP contribution in [0.25, 0.3) is 0 Å². The molecule has 17 heavy (non-hydrogen) atoms. The van der Waals surface area contributed by atoms with Gasteiger partial charge in [0, 0.05) is 19.7 Å². The number of methoxy groups -OCH3 is 1. The molecule has 0 amide bonds. The van der Waals surface area contributed by atoms with Gasteiger partial charge in [-0.2, -0.15) is 0 Å². The molecule has 1 heterocycles. The molecule has 6 heteroatoms. The van der Waals surface area contributed by atoms with E-state index in [0.717, 1.165) is 0 Å². The third-order valence-corrected chi connectivity index (χ3v) is 2.67. The number of esters is 1. The predicted molar refractivity (Wildman–Crippen MR) is 60.7 cm³/mol. The van der Waals surface area contributed by atoms with Gasteiger partial charge in [-0.25, -0.2) is 0 Å². The molecule has 6 nitrogen and oxygen atoms in total. The van der Waals surface area contributed by atoms with Gasteiger partial charge in [-0.3, -0.25) is 9.69 Å². The van der Waals surface area contributed by atoms with Crippen LogP contribution in [-0.2, 0) is 19.0 Å². The normalized spacial score (nSPS) is 23.4. The molecule has 0 radical (unpaired) electrons. The molecule has 0 aromatic heterocycles. The summed E-state index contributed by atoms with van der Waals surface area (Å²) in [5.41, 5.74) is 0. The number of hydrogen-bond donors (Lipinski definition) is 1. The first kappa shape index (κ1) is 14.4. The number of morpholine rings is 1. The Kier molecular flexibility index (Phi) is 6.43. The number of hydrogen-bond acceptors (Lipinski definition) is 6. The first-order valence-corrected chi connectivity index (χ1v) is 5.84. The Balaban J connectivity index is 2.44. The van der Waals surface area contributed by atoms with E-state index in [1.165, 1.54) is 7.11 Å². The summed E-state index contributed by atoms with van der Waals surface area (Å²) in [5, 5.41) is 9.75. The summed E-state index contributed by atoms with van der Waals surface area (Å²) in [5.74, 6) is -0.326. The second kappa shape index (κ2) is 7.60. The van der Waals surface area contributed by atoms with E-state index < -0.39 is 12.1 Å². The van der Waals surface area contributed by atoms with Gasteiger partial charge in [-0.05, 0) is 6.92 Å². The fourth-order valence-corrected chi connectivity index (χ4v) is 1.79. The molecule has 1 saturated heterocycles. The molecule has 0 aromatic carbocycles. The van der Waals surface area contributed by atoms with Crippen molar-refractivity contribution in [3.8, 4) is 0 Å². The fraction of sp³-hybridized carbons (Fsp3) is 0.909. The number of aliphatic hydroxyl groups excluding tert-OH is 1. The molecule has 1 aliphatic rings. The smallest absolute Gasteiger partial charge is 0.325 e. The van der Waals surface area contributed by atoms with Crippen molar-refractivity contribution in [1.82, 2.24) is 4.90 Å². The molecule has 0 bridgehead atoms. The highest BCUT2D eigenvalue weighted by molar-refractivity contribution is 5.75. The van der Waals surface area contributed by atoms with Crippen molar-refractivity contribution in [3.63, 3.8) is 0 Å². The van der Waals surface area contributed by atoms with Gasteiger partial charge in [0.1, 0.15) is 6.04 Å². The lowest BCUT2D eigenvalue weighted by molar-refractivity contribution is -0.154. The van der Waals surface area contributed by atoms with Crippen molar-refractivity contribution in [1.29, 1.82) is 0 Å². The Hall–Kier alpha value is -0.690. The molecule has 0 saturated carbocycles. The lowest BCUT2D eigenvalue weighted by Crippen LogP contribution is -2.53. The largest absolute Gasteiger partial charge is 0.468 e. The summed E-state index contributed by atoms with van der Waals surface area (Å²) >= 11 is 0. The van der Waals surface area contributed by atoms with E-state index in [2.05, 4.69) is 0 Å². The molecule has 1 fully saturated rings. The zero-order valence-electron chi connectivity index (χ0n) is 10.4. The number of nitrogens with zero attached hydrogens (tertiary/aromatic N) is 1. The van der Waals surface area contributed by atoms with Gasteiger partial charge in [0.15, 0.2) is 0 Å². The van der Waals surface area contributed by atoms with Crippen molar-refractivity contribution in [2.75, 3.05) is 46.6 Å². The van der Waals surface area contributed by atoms with Crippen LogP contribution in [0, 0.1) is 0 Å². The molecule has 100 valence electrons. The zero-order valence-corrected chi connectivity index (χ0v) is 10.4. The number of carbonyl (C=O) groups is 1. The minimum absolute atomic E-state index is 0.280. The topological polar surface area (TPSA) is 68.2 Å². The number of ether oxygens (including phenoxy) is 3. The van der Waals surface area contributed by atoms with E-state index >= 15 is 0 Å². The monoisotopic (exact) mass is 247 g/mol. The Bertz CT molecular complexity index is 236. The molecule has 0 aromatic rings. The van der Waals surface area contributed by atoms with Crippen LogP contribution in [0.2, 0.25) is 0 Å². The highest BCUT2D eigenvalue weighted by atomic mass is 16.5. The van der Waals surface area contributed by atoms with Gasteiger partial charge in [-0.1, -0.05) is 0 Å². The Labute approximate surface area is 101 Å². The third kappa shape index (κ3) is 4.59. The SMILES string of the molecule is CCOCC(O)CN1CCOCC1C(=O)OC. The minimum atomic E-state index is -0.597. The summed E-state index contributed by atoms with van der Waals surface area (Å²) < 4.78 is 15.1. The quantitative estimate of drug-likeness (QED) is 0.623. The van der Waals surface area contributed by atoms with Gasteiger partial charge in [0.2, 0.25) is 0 Å². The number of rotatable bonds is 6. The number of β-amino-alcohol motifs (C(OH)–C–C–N with tert-alkyl or cyclic N) is 1. The maximum Gasteiger partial charge on any atom is 0.325 e. The van der Waals surface area contributed by atoms with Gasteiger partial charge in [-0.15, -0.1) is 0 Å². The van der Waals surface area contributed by atoms with Crippen LogP contribution in [0.15, 0.2) is 0 Å². The average molecular weight is 247 g/mol. The molecule has 2 atom stereocenters. The van der Waals surface area contributed by atoms with Crippen LogP contribution in [0.4, 0.5) is 0 Å². The highest BCUT2D eigenvalue weighted by Gasteiger charge is 2.31. The van der Waals surface area contributed by atoms with Gasteiger partial charge in [0.25, 0.3) is 0 Å². The van der Waals surface area contributed by atoms with Gasteiger partial charge in [0.05, 0.1) is 33.0 Å². The molecule has 2 unspecified atom stereocenters. The summed E-state index contributed by atoms with van der Waals surface area (Å²) in [6.45, 7) is 4.61. The maximum absolute atomic E-state index is 11.5. The molecular formula is C11H21NO5. The molecule has 1 rings (SSSR count). The first-order valence-electron chi connectivity index (χ1n) is 5.84. The van der Waals surface area contributed by atoms with Crippen LogP contribution in [0.1, 0.15) is 6.92 Å². The lowest BCUT2D eigenvalue weighted by Gasteiger charge is -2.34. The summed E-state index contributed by atoms with van der Waals surface area (Å²) in [6, 6.07) is -0.426.